The highest BCUT2D eigenvalue weighted by atomic mass is 35.5. The molecule has 0 bridgehead atoms. The molecule has 1 saturated heterocycles. The van der Waals surface area contributed by atoms with Gasteiger partial charge in [0, 0.05) is 23.7 Å². The highest BCUT2D eigenvalue weighted by molar-refractivity contribution is 6.31. The number of nitrogens with zero attached hydrogens (tertiary/aromatic N) is 1. The average molecular weight is 357 g/mol. The fraction of sp³-hybridized carbons (Fsp3) is 0.300. The molecule has 1 aliphatic heterocycles. The van der Waals surface area contributed by atoms with Crippen molar-refractivity contribution in [3.8, 4) is 0 Å². The third-order valence-corrected chi connectivity index (χ3v) is 4.88. The van der Waals surface area contributed by atoms with E-state index in [2.05, 4.69) is 5.32 Å². The molecule has 0 radical (unpaired) electrons. The Balaban J connectivity index is 1.89. The molecule has 25 heavy (non-hydrogen) atoms. The van der Waals surface area contributed by atoms with Gasteiger partial charge in [0.1, 0.15) is 6.04 Å². The number of nitrogens with one attached hydrogen (secondary N) is 1. The van der Waals surface area contributed by atoms with Gasteiger partial charge in [0.25, 0.3) is 5.91 Å². The molecule has 1 atom stereocenters. The molecule has 0 saturated carbocycles. The molecule has 1 unspecified atom stereocenters. The molecule has 2 aromatic carbocycles. The first kappa shape index (κ1) is 17.5. The number of hydrogen-bond acceptors (Lipinski definition) is 2. The fourth-order valence-electron chi connectivity index (χ4n) is 3.09. The van der Waals surface area contributed by atoms with Gasteiger partial charge in [-0.15, -0.1) is 0 Å². The van der Waals surface area contributed by atoms with Crippen LogP contribution in [0.3, 0.4) is 0 Å². The predicted molar refractivity (Wildman–Crippen MR) is 99.6 cm³/mol. The van der Waals surface area contributed by atoms with E-state index in [4.69, 9.17) is 11.6 Å². The Morgan fingerprint density at radius 1 is 1.16 bits per heavy atom. The first-order valence-corrected chi connectivity index (χ1v) is 8.85. The summed E-state index contributed by atoms with van der Waals surface area (Å²) in [4.78, 5) is 27.1. The van der Waals surface area contributed by atoms with Crippen molar-refractivity contribution in [3.05, 3.63) is 64.7 Å². The van der Waals surface area contributed by atoms with Crippen molar-refractivity contribution in [2.45, 2.75) is 32.2 Å². The van der Waals surface area contributed by atoms with Crippen LogP contribution >= 0.6 is 11.6 Å². The van der Waals surface area contributed by atoms with Crippen molar-refractivity contribution in [3.63, 3.8) is 0 Å². The van der Waals surface area contributed by atoms with E-state index in [1.807, 2.05) is 49.4 Å². The van der Waals surface area contributed by atoms with E-state index in [1.165, 1.54) is 0 Å². The Morgan fingerprint density at radius 3 is 2.60 bits per heavy atom. The molecule has 0 aromatic heterocycles. The van der Waals surface area contributed by atoms with Crippen molar-refractivity contribution >= 4 is 29.1 Å². The van der Waals surface area contributed by atoms with Gasteiger partial charge in [0.05, 0.1) is 0 Å². The summed E-state index contributed by atoms with van der Waals surface area (Å²) in [5.41, 5.74) is 2.39. The smallest absolute Gasteiger partial charge is 0.251 e. The molecule has 1 N–H and O–H groups in total. The van der Waals surface area contributed by atoms with Gasteiger partial charge in [0.15, 0.2) is 0 Å². The number of carbonyl (C=O) groups is 2. The van der Waals surface area contributed by atoms with E-state index < -0.39 is 6.04 Å². The van der Waals surface area contributed by atoms with Gasteiger partial charge in [-0.1, -0.05) is 48.0 Å². The minimum absolute atomic E-state index is 0.0252. The molecule has 1 fully saturated rings. The van der Waals surface area contributed by atoms with Gasteiger partial charge in [-0.3, -0.25) is 9.59 Å². The molecule has 0 aliphatic carbocycles. The normalized spacial score (nSPS) is 15.8. The van der Waals surface area contributed by atoms with E-state index in [0.717, 1.165) is 24.0 Å². The summed E-state index contributed by atoms with van der Waals surface area (Å²) in [6.07, 6.45) is 2.29. The van der Waals surface area contributed by atoms with Gasteiger partial charge >= 0.3 is 0 Å². The van der Waals surface area contributed by atoms with Crippen molar-refractivity contribution in [1.29, 1.82) is 0 Å². The molecular formula is C20H21ClN2O2. The molecule has 1 aliphatic rings. The molecule has 130 valence electrons. The van der Waals surface area contributed by atoms with Gasteiger partial charge in [-0.05, 0) is 43.0 Å². The maximum atomic E-state index is 13.0. The zero-order valence-electron chi connectivity index (χ0n) is 14.2. The number of rotatable bonds is 4. The van der Waals surface area contributed by atoms with Crippen molar-refractivity contribution in [2.24, 2.45) is 0 Å². The van der Waals surface area contributed by atoms with Crippen LogP contribution in [0, 0.1) is 6.92 Å². The van der Waals surface area contributed by atoms with Crippen molar-refractivity contribution < 1.29 is 9.59 Å². The largest absolute Gasteiger partial charge is 0.327 e. The molecule has 2 amide bonds. The maximum Gasteiger partial charge on any atom is 0.251 e. The number of benzene rings is 2. The van der Waals surface area contributed by atoms with Crippen LogP contribution in [0.2, 0.25) is 5.02 Å². The van der Waals surface area contributed by atoms with Crippen LogP contribution in [0.4, 0.5) is 5.69 Å². The minimum Gasteiger partial charge on any atom is -0.327 e. The van der Waals surface area contributed by atoms with E-state index in [0.29, 0.717) is 23.7 Å². The third kappa shape index (κ3) is 4.02. The van der Waals surface area contributed by atoms with Crippen LogP contribution in [-0.4, -0.2) is 23.3 Å². The predicted octanol–water partition coefficient (Wildman–Crippen LogP) is 4.34. The fourth-order valence-corrected chi connectivity index (χ4v) is 3.27. The quantitative estimate of drug-likeness (QED) is 0.885. The standard InChI is InChI=1S/C20H21ClN2O2/c1-14-10-11-16(13-17(14)21)22-20(25)19(15-7-3-2-4-8-15)23-12-6-5-9-18(23)24/h2-4,7-8,10-11,13,19H,5-6,9,12H2,1H3,(H,22,25). The molecule has 1 heterocycles. The third-order valence-electron chi connectivity index (χ3n) is 4.47. The zero-order chi connectivity index (χ0) is 17.8. The summed E-state index contributed by atoms with van der Waals surface area (Å²) >= 11 is 6.15. The number of amides is 2. The lowest BCUT2D eigenvalue weighted by Crippen LogP contribution is -2.43. The summed E-state index contributed by atoms with van der Waals surface area (Å²) in [6.45, 7) is 2.51. The van der Waals surface area contributed by atoms with E-state index >= 15 is 0 Å². The van der Waals surface area contributed by atoms with Gasteiger partial charge in [-0.25, -0.2) is 0 Å². The molecule has 4 nitrogen and oxygen atoms in total. The van der Waals surface area contributed by atoms with Crippen LogP contribution in [0.1, 0.15) is 36.4 Å². The van der Waals surface area contributed by atoms with Crippen LogP contribution in [0.5, 0.6) is 0 Å². The van der Waals surface area contributed by atoms with Gasteiger partial charge in [-0.2, -0.15) is 0 Å². The van der Waals surface area contributed by atoms with Crippen LogP contribution in [0.15, 0.2) is 48.5 Å². The van der Waals surface area contributed by atoms with Crippen molar-refractivity contribution in [2.75, 3.05) is 11.9 Å². The summed E-state index contributed by atoms with van der Waals surface area (Å²) < 4.78 is 0. The van der Waals surface area contributed by atoms with Crippen LogP contribution in [0.25, 0.3) is 0 Å². The minimum atomic E-state index is -0.630. The van der Waals surface area contributed by atoms with E-state index in [1.54, 1.807) is 11.0 Å². The molecule has 0 spiro atoms. The Kier molecular flexibility index (Phi) is 5.39. The summed E-state index contributed by atoms with van der Waals surface area (Å²) in [5.74, 6) is -0.196. The monoisotopic (exact) mass is 356 g/mol. The zero-order valence-corrected chi connectivity index (χ0v) is 14.9. The van der Waals surface area contributed by atoms with Crippen LogP contribution in [-0.2, 0) is 9.59 Å². The summed E-state index contributed by atoms with van der Waals surface area (Å²) in [5, 5.41) is 3.51. The summed E-state index contributed by atoms with van der Waals surface area (Å²) in [6, 6.07) is 14.2. The number of hydrogen-bond donors (Lipinski definition) is 1. The SMILES string of the molecule is Cc1ccc(NC(=O)C(c2ccccc2)N2CCCCC2=O)cc1Cl. The number of halogens is 1. The number of anilines is 1. The average Bonchev–Trinajstić information content (AvgIpc) is 2.61. The Labute approximate surface area is 152 Å². The second-order valence-electron chi connectivity index (χ2n) is 6.31. The van der Waals surface area contributed by atoms with E-state index in [-0.39, 0.29) is 11.8 Å². The number of likely N-dealkylation sites (tertiary alicyclic amines) is 1. The Bertz CT molecular complexity index is 777. The van der Waals surface area contributed by atoms with Gasteiger partial charge < -0.3 is 10.2 Å². The number of carbonyl (C=O) groups excluding carboxylic acids is 2. The lowest BCUT2D eigenvalue weighted by atomic mass is 10.0. The van der Waals surface area contributed by atoms with E-state index in [9.17, 15) is 9.59 Å². The highest BCUT2D eigenvalue weighted by Crippen LogP contribution is 2.28. The lowest BCUT2D eigenvalue weighted by Gasteiger charge is -2.34. The molecular weight excluding hydrogens is 336 g/mol. The Hall–Kier alpha value is -2.33. The first-order chi connectivity index (χ1) is 12.1. The first-order valence-electron chi connectivity index (χ1n) is 8.47. The molecule has 2 aromatic rings. The number of aryl methyl sites for hydroxylation is 1. The summed E-state index contributed by atoms with van der Waals surface area (Å²) in [7, 11) is 0. The van der Waals surface area contributed by atoms with Crippen LogP contribution < -0.4 is 5.32 Å². The Morgan fingerprint density at radius 2 is 1.92 bits per heavy atom. The van der Waals surface area contributed by atoms with Gasteiger partial charge in [0.2, 0.25) is 5.91 Å². The topological polar surface area (TPSA) is 49.4 Å². The molecule has 3 rings (SSSR count). The second kappa shape index (κ2) is 7.70. The second-order valence-corrected chi connectivity index (χ2v) is 6.72. The molecule has 5 heteroatoms. The van der Waals surface area contributed by atoms with Crippen molar-refractivity contribution in [1.82, 2.24) is 4.90 Å². The highest BCUT2D eigenvalue weighted by Gasteiger charge is 2.32. The number of piperidine rings is 1. The maximum absolute atomic E-state index is 13.0. The lowest BCUT2D eigenvalue weighted by molar-refractivity contribution is -0.141.